The number of aryl methyl sites for hydroxylation is 1. The minimum Gasteiger partial charge on any atom is -0.484 e. The van der Waals surface area contributed by atoms with Crippen LogP contribution in [-0.4, -0.2) is 61.0 Å². The Morgan fingerprint density at radius 2 is 2.03 bits per heavy atom. The van der Waals surface area contributed by atoms with Crippen molar-refractivity contribution in [2.45, 2.75) is 45.1 Å². The topological polar surface area (TPSA) is 78.9 Å². The molecule has 1 fully saturated rings. The molecule has 2 aliphatic heterocycles. The van der Waals surface area contributed by atoms with E-state index in [9.17, 15) is 9.59 Å². The zero-order valence-electron chi connectivity index (χ0n) is 19.3. The molecule has 2 aromatic rings. The summed E-state index contributed by atoms with van der Waals surface area (Å²) in [5.74, 6) is 1.95. The summed E-state index contributed by atoms with van der Waals surface area (Å²) in [4.78, 5) is 40.3. The summed E-state index contributed by atoms with van der Waals surface area (Å²) < 4.78 is 5.83. The van der Waals surface area contributed by atoms with Gasteiger partial charge in [0.25, 0.3) is 5.91 Å². The van der Waals surface area contributed by atoms with Crippen molar-refractivity contribution < 1.29 is 14.3 Å². The first-order valence-electron chi connectivity index (χ1n) is 11.2. The Hall–Kier alpha value is -3.16. The number of aromatic nitrogens is 2. The number of anilines is 2. The first-order valence-corrected chi connectivity index (χ1v) is 11.2. The number of carbonyl (C=O) groups excluding carboxylic acids is 2. The van der Waals surface area contributed by atoms with Gasteiger partial charge in [0.1, 0.15) is 11.6 Å². The average molecular weight is 438 g/mol. The van der Waals surface area contributed by atoms with Crippen LogP contribution in [-0.2, 0) is 16.0 Å². The third-order valence-electron chi connectivity index (χ3n) is 6.31. The molecule has 32 heavy (non-hydrogen) atoms. The van der Waals surface area contributed by atoms with Gasteiger partial charge in [0.15, 0.2) is 12.4 Å². The molecule has 0 aliphatic carbocycles. The molecule has 1 aromatic carbocycles. The zero-order valence-corrected chi connectivity index (χ0v) is 19.3. The van der Waals surface area contributed by atoms with Crippen molar-refractivity contribution in [3.63, 3.8) is 0 Å². The number of piperidine rings is 1. The summed E-state index contributed by atoms with van der Waals surface area (Å²) >= 11 is 0. The third kappa shape index (κ3) is 4.40. The number of hydrogen-bond donors (Lipinski definition) is 0. The van der Waals surface area contributed by atoms with Gasteiger partial charge in [-0.3, -0.25) is 14.5 Å². The van der Waals surface area contributed by atoms with Crippen LogP contribution in [0.2, 0.25) is 0 Å². The number of benzene rings is 1. The maximum atomic E-state index is 13.1. The molecule has 0 N–H and O–H groups in total. The van der Waals surface area contributed by atoms with Gasteiger partial charge in [0, 0.05) is 57.1 Å². The Morgan fingerprint density at radius 3 is 2.81 bits per heavy atom. The van der Waals surface area contributed by atoms with Crippen LogP contribution in [0.1, 0.15) is 48.8 Å². The quantitative estimate of drug-likeness (QED) is 0.716. The lowest BCUT2D eigenvalue weighted by Crippen LogP contribution is -2.42. The van der Waals surface area contributed by atoms with Crippen LogP contribution in [0.15, 0.2) is 24.3 Å². The molecule has 0 spiro atoms. The smallest absolute Gasteiger partial charge is 0.261 e. The molecule has 170 valence electrons. The van der Waals surface area contributed by atoms with Gasteiger partial charge in [-0.1, -0.05) is 6.07 Å². The average Bonchev–Trinajstić information content (AvgIpc) is 2.80. The zero-order chi connectivity index (χ0) is 22.8. The fourth-order valence-electron chi connectivity index (χ4n) is 4.42. The second kappa shape index (κ2) is 9.14. The Labute approximate surface area is 189 Å². The molecule has 1 atom stereocenters. The van der Waals surface area contributed by atoms with Gasteiger partial charge < -0.3 is 14.5 Å². The van der Waals surface area contributed by atoms with Crippen LogP contribution in [0.4, 0.5) is 11.5 Å². The maximum absolute atomic E-state index is 13.1. The molecular formula is C24H31N5O3. The highest BCUT2D eigenvalue weighted by Crippen LogP contribution is 2.33. The molecule has 1 saturated heterocycles. The van der Waals surface area contributed by atoms with Gasteiger partial charge in [-0.2, -0.15) is 0 Å². The molecule has 3 heterocycles. The standard InChI is InChI=1S/C24H31N5O3/c1-16-19-11-12-21(30)28(4)24(19)26-23(25-16)20-10-5-6-13-29(20)22(31)15-32-18-9-7-8-17(14-18)27(2)3/h7-9,14,20H,5-6,10-13,15H2,1-4H3. The Bertz CT molecular complexity index is 1020. The third-order valence-corrected chi connectivity index (χ3v) is 6.31. The second-order valence-electron chi connectivity index (χ2n) is 8.70. The molecule has 0 radical (unpaired) electrons. The van der Waals surface area contributed by atoms with Gasteiger partial charge in [0.2, 0.25) is 5.91 Å². The largest absolute Gasteiger partial charge is 0.484 e. The van der Waals surface area contributed by atoms with Crippen LogP contribution >= 0.6 is 0 Å². The van der Waals surface area contributed by atoms with Crippen LogP contribution in [0.25, 0.3) is 0 Å². The van der Waals surface area contributed by atoms with E-state index in [1.807, 2.05) is 55.1 Å². The van der Waals surface area contributed by atoms with E-state index in [1.54, 1.807) is 11.9 Å². The van der Waals surface area contributed by atoms with Crippen molar-refractivity contribution in [3.8, 4) is 5.75 Å². The van der Waals surface area contributed by atoms with Crippen molar-refractivity contribution in [1.29, 1.82) is 0 Å². The summed E-state index contributed by atoms with van der Waals surface area (Å²) in [6, 6.07) is 7.48. The van der Waals surface area contributed by atoms with Crippen LogP contribution in [0, 0.1) is 6.92 Å². The number of nitrogens with zero attached hydrogens (tertiary/aromatic N) is 5. The van der Waals surface area contributed by atoms with Gasteiger partial charge >= 0.3 is 0 Å². The molecule has 8 heteroatoms. The highest BCUT2D eigenvalue weighted by Gasteiger charge is 2.33. The molecule has 1 unspecified atom stereocenters. The van der Waals surface area contributed by atoms with Crippen LogP contribution < -0.4 is 14.5 Å². The first kappa shape index (κ1) is 22.0. The summed E-state index contributed by atoms with van der Waals surface area (Å²) in [6.45, 7) is 2.58. The van der Waals surface area contributed by atoms with E-state index in [1.165, 1.54) is 0 Å². The van der Waals surface area contributed by atoms with E-state index in [4.69, 9.17) is 14.7 Å². The van der Waals surface area contributed by atoms with Crippen molar-refractivity contribution in [1.82, 2.24) is 14.9 Å². The van der Waals surface area contributed by atoms with Crippen molar-refractivity contribution in [3.05, 3.63) is 41.3 Å². The Kier molecular flexibility index (Phi) is 6.30. The Balaban J connectivity index is 1.53. The summed E-state index contributed by atoms with van der Waals surface area (Å²) in [5.41, 5.74) is 2.93. The molecule has 2 amide bonds. The summed E-state index contributed by atoms with van der Waals surface area (Å²) in [7, 11) is 5.69. The summed E-state index contributed by atoms with van der Waals surface area (Å²) in [5, 5.41) is 0. The second-order valence-corrected chi connectivity index (χ2v) is 8.70. The molecule has 4 rings (SSSR count). The molecular weight excluding hydrogens is 406 g/mol. The number of carbonyl (C=O) groups is 2. The van der Waals surface area contributed by atoms with E-state index in [2.05, 4.69) is 0 Å². The number of fused-ring (bicyclic) bond motifs is 1. The number of rotatable bonds is 5. The predicted octanol–water partition coefficient (Wildman–Crippen LogP) is 2.89. The van der Waals surface area contributed by atoms with Crippen molar-refractivity contribution in [2.75, 3.05) is 44.1 Å². The van der Waals surface area contributed by atoms with Crippen LogP contribution in [0.5, 0.6) is 5.75 Å². The minimum absolute atomic E-state index is 0.0321. The highest BCUT2D eigenvalue weighted by molar-refractivity contribution is 5.94. The lowest BCUT2D eigenvalue weighted by molar-refractivity contribution is -0.137. The fraction of sp³-hybridized carbons (Fsp3) is 0.500. The first-order chi connectivity index (χ1) is 15.3. The van der Waals surface area contributed by atoms with E-state index in [-0.39, 0.29) is 24.5 Å². The van der Waals surface area contributed by atoms with Crippen molar-refractivity contribution in [2.24, 2.45) is 0 Å². The minimum atomic E-state index is -0.206. The van der Waals surface area contributed by atoms with E-state index in [0.717, 1.165) is 36.2 Å². The molecule has 2 aliphatic rings. The van der Waals surface area contributed by atoms with Crippen molar-refractivity contribution >= 4 is 23.3 Å². The summed E-state index contributed by atoms with van der Waals surface area (Å²) in [6.07, 6.45) is 3.90. The normalized spacial score (nSPS) is 18.4. The number of ether oxygens (including phenoxy) is 1. The molecule has 0 bridgehead atoms. The lowest BCUT2D eigenvalue weighted by Gasteiger charge is -2.36. The highest BCUT2D eigenvalue weighted by atomic mass is 16.5. The number of hydrogen-bond acceptors (Lipinski definition) is 6. The number of amides is 2. The molecule has 0 saturated carbocycles. The lowest BCUT2D eigenvalue weighted by atomic mass is 9.99. The fourth-order valence-corrected chi connectivity index (χ4v) is 4.42. The van der Waals surface area contributed by atoms with Gasteiger partial charge in [0.05, 0.1) is 6.04 Å². The monoisotopic (exact) mass is 437 g/mol. The Morgan fingerprint density at radius 1 is 1.22 bits per heavy atom. The van der Waals surface area contributed by atoms with Crippen LogP contribution in [0.3, 0.4) is 0 Å². The van der Waals surface area contributed by atoms with Gasteiger partial charge in [-0.05, 0) is 44.7 Å². The van der Waals surface area contributed by atoms with E-state index < -0.39 is 0 Å². The predicted molar refractivity (Wildman–Crippen MR) is 123 cm³/mol. The van der Waals surface area contributed by atoms with Gasteiger partial charge in [-0.25, -0.2) is 9.97 Å². The van der Waals surface area contributed by atoms with Gasteiger partial charge in [-0.15, -0.1) is 0 Å². The molecule has 1 aromatic heterocycles. The van der Waals surface area contributed by atoms with E-state index in [0.29, 0.717) is 36.8 Å². The maximum Gasteiger partial charge on any atom is 0.261 e. The van der Waals surface area contributed by atoms with E-state index >= 15 is 0 Å². The number of likely N-dealkylation sites (tertiary alicyclic amines) is 1. The molecule has 8 nitrogen and oxygen atoms in total. The SMILES string of the molecule is Cc1nc(C2CCCCN2C(=O)COc2cccc(N(C)C)c2)nc2c1CCC(=O)N2C.